The van der Waals surface area contributed by atoms with E-state index in [2.05, 4.69) is 10.6 Å². The summed E-state index contributed by atoms with van der Waals surface area (Å²) in [5, 5.41) is 5.33. The quantitative estimate of drug-likeness (QED) is 0.713. The summed E-state index contributed by atoms with van der Waals surface area (Å²) in [5.74, 6) is -0.711. The summed E-state index contributed by atoms with van der Waals surface area (Å²) >= 11 is 0. The Hall–Kier alpha value is -4.00. The molecule has 2 aromatic carbocycles. The minimum absolute atomic E-state index is 0.0138. The Labute approximate surface area is 184 Å². The first-order chi connectivity index (χ1) is 15.2. The highest BCUT2D eigenvalue weighted by Gasteiger charge is 2.09. The fourth-order valence-corrected chi connectivity index (χ4v) is 1.77. The maximum absolute atomic E-state index is 12.5. The first-order valence-corrected chi connectivity index (χ1v) is 9.29. The van der Waals surface area contributed by atoms with Crippen LogP contribution < -0.4 is 10.6 Å². The van der Waals surface area contributed by atoms with E-state index in [0.717, 1.165) is 6.42 Å². The van der Waals surface area contributed by atoms with Gasteiger partial charge in [-0.2, -0.15) is 19.2 Å². The van der Waals surface area contributed by atoms with Gasteiger partial charge in [-0.3, -0.25) is 9.59 Å². The Kier molecular flexibility index (Phi) is 17.9. The largest absolute Gasteiger partial charge is 0.373 e. The number of anilines is 2. The van der Waals surface area contributed by atoms with Crippen LogP contribution in [0.1, 0.15) is 33.6 Å². The van der Waals surface area contributed by atoms with E-state index in [0.29, 0.717) is 17.8 Å². The maximum Gasteiger partial charge on any atom is 0.373 e. The molecule has 0 aliphatic carbocycles. The highest BCUT2D eigenvalue weighted by molar-refractivity contribution is 5.92. The molecule has 10 heteroatoms. The molecule has 172 valence electrons. The van der Waals surface area contributed by atoms with Gasteiger partial charge in [0.05, 0.1) is 0 Å². The summed E-state index contributed by atoms with van der Waals surface area (Å²) in [6.07, 6.45) is 1.73. The van der Waals surface area contributed by atoms with Gasteiger partial charge in [-0.05, 0) is 55.0 Å². The third-order valence-electron chi connectivity index (χ3n) is 3.62. The van der Waals surface area contributed by atoms with Crippen LogP contribution in [0.3, 0.4) is 0 Å². The zero-order valence-corrected chi connectivity index (χ0v) is 17.8. The highest BCUT2D eigenvalue weighted by atomic mass is 19.1. The summed E-state index contributed by atoms with van der Waals surface area (Å²) in [4.78, 5) is 54.8. The summed E-state index contributed by atoms with van der Waals surface area (Å²) < 4.78 is 24.9. The Bertz CT molecular complexity index is 862. The van der Waals surface area contributed by atoms with Crippen LogP contribution in [0.2, 0.25) is 0 Å². The van der Waals surface area contributed by atoms with Crippen molar-refractivity contribution in [2.45, 2.75) is 33.6 Å². The smallest absolute Gasteiger partial charge is 0.326 e. The Balaban J connectivity index is 0. The van der Waals surface area contributed by atoms with Crippen LogP contribution in [0.5, 0.6) is 0 Å². The van der Waals surface area contributed by atoms with Gasteiger partial charge in [-0.15, -0.1) is 0 Å². The average Bonchev–Trinajstić information content (AvgIpc) is 2.77. The first kappa shape index (κ1) is 30.2. The molecule has 0 bridgehead atoms. The van der Waals surface area contributed by atoms with Crippen molar-refractivity contribution in [2.75, 3.05) is 10.6 Å². The molecule has 0 heterocycles. The topological polar surface area (TPSA) is 126 Å². The second-order valence-corrected chi connectivity index (χ2v) is 5.88. The van der Waals surface area contributed by atoms with Crippen LogP contribution in [0.15, 0.2) is 48.5 Å². The third-order valence-corrected chi connectivity index (χ3v) is 3.62. The van der Waals surface area contributed by atoms with Crippen molar-refractivity contribution >= 4 is 35.5 Å². The van der Waals surface area contributed by atoms with Gasteiger partial charge < -0.3 is 10.6 Å². The SMILES string of the molecule is CCC(=O)Nc1ccc(F)cc1.CCC(C)C(=O)Nc1ccc(F)cc1.O=C=O.O=C=O. The van der Waals surface area contributed by atoms with Gasteiger partial charge in [0.15, 0.2) is 0 Å². The van der Waals surface area contributed by atoms with Crippen molar-refractivity contribution in [3.63, 3.8) is 0 Å². The average molecular weight is 450 g/mol. The van der Waals surface area contributed by atoms with E-state index in [-0.39, 0.29) is 41.7 Å². The van der Waals surface area contributed by atoms with E-state index in [1.807, 2.05) is 13.8 Å². The normalized spacial score (nSPS) is 9.41. The van der Waals surface area contributed by atoms with Crippen LogP contribution in [-0.2, 0) is 28.8 Å². The molecule has 2 rings (SSSR count). The molecule has 0 aromatic heterocycles. The van der Waals surface area contributed by atoms with Gasteiger partial charge in [-0.1, -0.05) is 20.8 Å². The molecule has 8 nitrogen and oxygen atoms in total. The lowest BCUT2D eigenvalue weighted by atomic mass is 10.1. The second kappa shape index (κ2) is 19.0. The Morgan fingerprint density at radius 3 is 1.44 bits per heavy atom. The van der Waals surface area contributed by atoms with Crippen molar-refractivity contribution in [3.05, 3.63) is 60.2 Å². The fourth-order valence-electron chi connectivity index (χ4n) is 1.77. The molecule has 2 N–H and O–H groups in total. The van der Waals surface area contributed by atoms with E-state index in [4.69, 9.17) is 19.2 Å². The summed E-state index contributed by atoms with van der Waals surface area (Å²) in [6.45, 7) is 5.58. The molecular formula is C22H24F2N2O6. The van der Waals surface area contributed by atoms with Crippen molar-refractivity contribution in [2.24, 2.45) is 5.92 Å². The zero-order chi connectivity index (χ0) is 24.9. The first-order valence-electron chi connectivity index (χ1n) is 9.29. The lowest BCUT2D eigenvalue weighted by Crippen LogP contribution is -2.19. The van der Waals surface area contributed by atoms with E-state index in [1.54, 1.807) is 19.1 Å². The molecule has 0 aliphatic rings. The fraction of sp³-hybridized carbons (Fsp3) is 0.273. The predicted octanol–water partition coefficient (Wildman–Crippen LogP) is 3.82. The van der Waals surface area contributed by atoms with Crippen molar-refractivity contribution in [3.8, 4) is 0 Å². The van der Waals surface area contributed by atoms with Crippen molar-refractivity contribution in [1.29, 1.82) is 0 Å². The van der Waals surface area contributed by atoms with E-state index in [1.165, 1.54) is 36.4 Å². The summed E-state index contributed by atoms with van der Waals surface area (Å²) in [7, 11) is 0. The van der Waals surface area contributed by atoms with Crippen LogP contribution in [0, 0.1) is 17.6 Å². The molecule has 2 aromatic rings. The number of halogens is 2. The molecule has 2 amide bonds. The lowest BCUT2D eigenvalue weighted by molar-refractivity contribution is -0.193. The monoisotopic (exact) mass is 450 g/mol. The predicted molar refractivity (Wildman–Crippen MR) is 110 cm³/mol. The van der Waals surface area contributed by atoms with Gasteiger partial charge in [0, 0.05) is 23.7 Å². The number of rotatable bonds is 5. The number of carbonyl (C=O) groups excluding carboxylic acids is 6. The molecule has 0 radical (unpaired) electrons. The number of amides is 2. The zero-order valence-electron chi connectivity index (χ0n) is 17.8. The van der Waals surface area contributed by atoms with Crippen molar-refractivity contribution in [1.82, 2.24) is 0 Å². The third kappa shape index (κ3) is 15.9. The molecule has 0 fully saturated rings. The standard InChI is InChI=1S/C11H14FNO.C9H10FNO.2CO2/c1-3-8(2)11(14)13-10-6-4-9(12)5-7-10;1-2-9(12)11-8-5-3-7(10)4-6-8;2*2-1-3/h4-8H,3H2,1-2H3,(H,13,14);3-6H,2H2,1H3,(H,11,12);;. The molecule has 1 unspecified atom stereocenters. The van der Waals surface area contributed by atoms with Gasteiger partial charge in [0.25, 0.3) is 0 Å². The molecule has 0 saturated carbocycles. The van der Waals surface area contributed by atoms with E-state index >= 15 is 0 Å². The van der Waals surface area contributed by atoms with Crippen LogP contribution in [0.4, 0.5) is 20.2 Å². The number of benzene rings is 2. The van der Waals surface area contributed by atoms with Gasteiger partial charge in [0.2, 0.25) is 11.8 Å². The van der Waals surface area contributed by atoms with Crippen molar-refractivity contribution < 1.29 is 37.5 Å². The molecule has 0 saturated heterocycles. The van der Waals surface area contributed by atoms with Crippen LogP contribution >= 0.6 is 0 Å². The number of nitrogens with one attached hydrogen (secondary N) is 2. The molecular weight excluding hydrogens is 426 g/mol. The minimum atomic E-state index is -0.301. The minimum Gasteiger partial charge on any atom is -0.326 e. The maximum atomic E-state index is 12.5. The Morgan fingerprint density at radius 1 is 0.781 bits per heavy atom. The van der Waals surface area contributed by atoms with E-state index < -0.39 is 0 Å². The highest BCUT2D eigenvalue weighted by Crippen LogP contribution is 2.11. The molecule has 0 aliphatic heterocycles. The number of hydrogen-bond acceptors (Lipinski definition) is 6. The van der Waals surface area contributed by atoms with Crippen LogP contribution in [-0.4, -0.2) is 24.1 Å². The summed E-state index contributed by atoms with van der Waals surface area (Å²) in [6, 6.07) is 11.4. The molecule has 0 spiro atoms. The van der Waals surface area contributed by atoms with Gasteiger partial charge >= 0.3 is 12.3 Å². The number of carbonyl (C=O) groups is 2. The molecule has 1 atom stereocenters. The van der Waals surface area contributed by atoms with Gasteiger partial charge in [0.1, 0.15) is 11.6 Å². The second-order valence-electron chi connectivity index (χ2n) is 5.88. The Morgan fingerprint density at radius 2 is 1.12 bits per heavy atom. The van der Waals surface area contributed by atoms with E-state index in [9.17, 15) is 18.4 Å². The summed E-state index contributed by atoms with van der Waals surface area (Å²) in [5.41, 5.74) is 1.26. The van der Waals surface area contributed by atoms with Crippen LogP contribution in [0.25, 0.3) is 0 Å². The van der Waals surface area contributed by atoms with Gasteiger partial charge in [-0.25, -0.2) is 8.78 Å². The lowest BCUT2D eigenvalue weighted by Gasteiger charge is -2.09. The molecule has 32 heavy (non-hydrogen) atoms. The number of hydrogen-bond donors (Lipinski definition) is 2.